The van der Waals surface area contributed by atoms with Gasteiger partial charge >= 0.3 is 0 Å². The van der Waals surface area contributed by atoms with E-state index in [0.29, 0.717) is 6.61 Å². The molecule has 0 radical (unpaired) electrons. The lowest BCUT2D eigenvalue weighted by Gasteiger charge is -2.12. The predicted molar refractivity (Wildman–Crippen MR) is 57.4 cm³/mol. The van der Waals surface area contributed by atoms with E-state index in [9.17, 15) is 5.11 Å². The summed E-state index contributed by atoms with van der Waals surface area (Å²) in [6, 6.07) is 7.48. The molecule has 0 bridgehead atoms. The van der Waals surface area contributed by atoms with Crippen molar-refractivity contribution in [2.24, 2.45) is 0 Å². The zero-order valence-electron chi connectivity index (χ0n) is 8.66. The fourth-order valence-corrected chi connectivity index (χ4v) is 1.16. The summed E-state index contributed by atoms with van der Waals surface area (Å²) in [5.41, 5.74) is 1.78. The Labute approximate surface area is 84.8 Å². The van der Waals surface area contributed by atoms with Crippen LogP contribution in [0.2, 0.25) is 0 Å². The van der Waals surface area contributed by atoms with Crippen LogP contribution in [0.15, 0.2) is 36.4 Å². The van der Waals surface area contributed by atoms with E-state index < -0.39 is 6.10 Å². The van der Waals surface area contributed by atoms with Crippen LogP contribution in [0.4, 0.5) is 0 Å². The van der Waals surface area contributed by atoms with Gasteiger partial charge < -0.3 is 9.84 Å². The molecule has 0 saturated heterocycles. The fourth-order valence-electron chi connectivity index (χ4n) is 1.16. The average molecular weight is 192 g/mol. The molecule has 1 aromatic carbocycles. The largest absolute Gasteiger partial charge is 0.489 e. The molecule has 76 valence electrons. The van der Waals surface area contributed by atoms with E-state index in [2.05, 4.69) is 6.58 Å². The van der Waals surface area contributed by atoms with Gasteiger partial charge in [0.05, 0.1) is 6.10 Å². The van der Waals surface area contributed by atoms with Gasteiger partial charge in [0.1, 0.15) is 12.4 Å². The summed E-state index contributed by atoms with van der Waals surface area (Å²) >= 11 is 0. The van der Waals surface area contributed by atoms with Crippen LogP contribution in [0.5, 0.6) is 5.75 Å². The summed E-state index contributed by atoms with van der Waals surface area (Å²) in [6.45, 7) is 7.88. The summed E-state index contributed by atoms with van der Waals surface area (Å²) in [7, 11) is 0. The molecule has 1 unspecified atom stereocenters. The van der Waals surface area contributed by atoms with Crippen LogP contribution >= 0.6 is 0 Å². The van der Waals surface area contributed by atoms with Crippen molar-refractivity contribution < 1.29 is 9.84 Å². The summed E-state index contributed by atoms with van der Waals surface area (Å²) in [4.78, 5) is 0. The maximum Gasteiger partial charge on any atom is 0.125 e. The van der Waals surface area contributed by atoms with Crippen LogP contribution in [0.3, 0.4) is 0 Å². The van der Waals surface area contributed by atoms with E-state index in [4.69, 9.17) is 4.74 Å². The van der Waals surface area contributed by atoms with Crippen molar-refractivity contribution in [3.63, 3.8) is 0 Å². The van der Waals surface area contributed by atoms with Crippen LogP contribution in [-0.4, -0.2) is 11.7 Å². The lowest BCUT2D eigenvalue weighted by Crippen LogP contribution is -2.02. The van der Waals surface area contributed by atoms with Gasteiger partial charge in [-0.05, 0) is 25.5 Å². The molecule has 1 aromatic rings. The van der Waals surface area contributed by atoms with Crippen LogP contribution in [0.1, 0.15) is 25.5 Å². The predicted octanol–water partition coefficient (Wildman–Crippen LogP) is 2.69. The highest BCUT2D eigenvalue weighted by Gasteiger charge is 2.07. The summed E-state index contributed by atoms with van der Waals surface area (Å²) < 4.78 is 5.50. The van der Waals surface area contributed by atoms with Crippen molar-refractivity contribution in [1.29, 1.82) is 0 Å². The normalized spacial score (nSPS) is 12.2. The monoisotopic (exact) mass is 192 g/mol. The minimum atomic E-state index is -0.503. The van der Waals surface area contributed by atoms with Crippen LogP contribution in [0.25, 0.3) is 0 Å². The lowest BCUT2D eigenvalue weighted by atomic mass is 10.1. The standard InChI is InChI=1S/C12H16O2/c1-9(2)8-14-12-7-5-4-6-11(12)10(3)13/h4-7,10,13H,1,8H2,2-3H3. The van der Waals surface area contributed by atoms with Crippen LogP contribution in [-0.2, 0) is 0 Å². The Morgan fingerprint density at radius 3 is 2.71 bits per heavy atom. The van der Waals surface area contributed by atoms with E-state index in [-0.39, 0.29) is 0 Å². The highest BCUT2D eigenvalue weighted by atomic mass is 16.5. The molecule has 1 atom stereocenters. The van der Waals surface area contributed by atoms with E-state index >= 15 is 0 Å². The van der Waals surface area contributed by atoms with Crippen LogP contribution < -0.4 is 4.74 Å². The molecule has 0 aliphatic carbocycles. The third-order valence-corrected chi connectivity index (χ3v) is 1.84. The van der Waals surface area contributed by atoms with Gasteiger partial charge in [-0.2, -0.15) is 0 Å². The maximum absolute atomic E-state index is 9.47. The van der Waals surface area contributed by atoms with Gasteiger partial charge in [0, 0.05) is 5.56 Å². The Morgan fingerprint density at radius 1 is 1.50 bits per heavy atom. The van der Waals surface area contributed by atoms with Crippen molar-refractivity contribution in [3.8, 4) is 5.75 Å². The number of ether oxygens (including phenoxy) is 1. The zero-order valence-corrected chi connectivity index (χ0v) is 8.66. The van der Waals surface area contributed by atoms with Gasteiger partial charge in [-0.1, -0.05) is 24.8 Å². The number of para-hydroxylation sites is 1. The molecule has 0 spiro atoms. The van der Waals surface area contributed by atoms with Crippen molar-refractivity contribution in [3.05, 3.63) is 42.0 Å². The Hall–Kier alpha value is -1.28. The summed E-state index contributed by atoms with van der Waals surface area (Å²) in [6.07, 6.45) is -0.503. The van der Waals surface area contributed by atoms with E-state index in [1.807, 2.05) is 31.2 Å². The second-order valence-corrected chi connectivity index (χ2v) is 3.46. The first-order chi connectivity index (χ1) is 6.61. The third-order valence-electron chi connectivity index (χ3n) is 1.84. The minimum Gasteiger partial charge on any atom is -0.489 e. The van der Waals surface area contributed by atoms with Gasteiger partial charge in [0.25, 0.3) is 0 Å². The van der Waals surface area contributed by atoms with Crippen LogP contribution in [0, 0.1) is 0 Å². The Morgan fingerprint density at radius 2 is 2.14 bits per heavy atom. The number of benzene rings is 1. The molecule has 0 aromatic heterocycles. The summed E-state index contributed by atoms with van der Waals surface area (Å²) in [5, 5.41) is 9.47. The minimum absolute atomic E-state index is 0.490. The molecule has 0 saturated carbocycles. The first-order valence-corrected chi connectivity index (χ1v) is 4.65. The number of rotatable bonds is 4. The van der Waals surface area contributed by atoms with Crippen molar-refractivity contribution in [2.75, 3.05) is 6.61 Å². The van der Waals surface area contributed by atoms with Gasteiger partial charge in [-0.25, -0.2) is 0 Å². The second-order valence-electron chi connectivity index (χ2n) is 3.46. The van der Waals surface area contributed by atoms with Gasteiger partial charge in [0.2, 0.25) is 0 Å². The SMILES string of the molecule is C=C(C)COc1ccccc1C(C)O. The van der Waals surface area contributed by atoms with Gasteiger partial charge in [-0.15, -0.1) is 0 Å². The van der Waals surface area contributed by atoms with E-state index in [0.717, 1.165) is 16.9 Å². The maximum atomic E-state index is 9.47. The van der Waals surface area contributed by atoms with Crippen molar-refractivity contribution in [2.45, 2.75) is 20.0 Å². The lowest BCUT2D eigenvalue weighted by molar-refractivity contribution is 0.192. The highest BCUT2D eigenvalue weighted by Crippen LogP contribution is 2.24. The van der Waals surface area contributed by atoms with E-state index in [1.165, 1.54) is 0 Å². The fraction of sp³-hybridized carbons (Fsp3) is 0.333. The van der Waals surface area contributed by atoms with Gasteiger partial charge in [0.15, 0.2) is 0 Å². The summed E-state index contributed by atoms with van der Waals surface area (Å²) in [5.74, 6) is 0.727. The van der Waals surface area contributed by atoms with Gasteiger partial charge in [-0.3, -0.25) is 0 Å². The second kappa shape index (κ2) is 4.82. The van der Waals surface area contributed by atoms with Crippen molar-refractivity contribution in [1.82, 2.24) is 0 Å². The topological polar surface area (TPSA) is 29.5 Å². The molecular weight excluding hydrogens is 176 g/mol. The number of aliphatic hydroxyl groups is 1. The Balaban J connectivity index is 2.79. The number of hydrogen-bond acceptors (Lipinski definition) is 2. The molecule has 0 heterocycles. The first-order valence-electron chi connectivity index (χ1n) is 4.65. The quantitative estimate of drug-likeness (QED) is 0.743. The third kappa shape index (κ3) is 2.89. The molecule has 0 amide bonds. The molecule has 14 heavy (non-hydrogen) atoms. The Kier molecular flexibility index (Phi) is 3.72. The molecular formula is C12H16O2. The van der Waals surface area contributed by atoms with E-state index in [1.54, 1.807) is 6.92 Å². The molecule has 1 N–H and O–H groups in total. The molecule has 0 fully saturated rings. The average Bonchev–Trinajstić information content (AvgIpc) is 2.15. The first kappa shape index (κ1) is 10.8. The highest BCUT2D eigenvalue weighted by molar-refractivity contribution is 5.34. The molecule has 0 aliphatic heterocycles. The molecule has 0 aliphatic rings. The molecule has 2 heteroatoms. The molecule has 1 rings (SSSR count). The van der Waals surface area contributed by atoms with Crippen molar-refractivity contribution >= 4 is 0 Å². The smallest absolute Gasteiger partial charge is 0.125 e. The Bertz CT molecular complexity index is 316. The molecule has 2 nitrogen and oxygen atoms in total. The number of aliphatic hydroxyl groups excluding tert-OH is 1. The zero-order chi connectivity index (χ0) is 10.6. The number of hydrogen-bond donors (Lipinski definition) is 1.